The summed E-state index contributed by atoms with van der Waals surface area (Å²) in [6.45, 7) is 2.99. The van der Waals surface area contributed by atoms with Crippen molar-refractivity contribution in [2.45, 2.75) is 38.3 Å². The third kappa shape index (κ3) is 3.04. The van der Waals surface area contributed by atoms with E-state index < -0.39 is 12.0 Å². The van der Waals surface area contributed by atoms with Crippen molar-refractivity contribution in [2.75, 3.05) is 6.54 Å². The molecule has 1 fully saturated rings. The van der Waals surface area contributed by atoms with Gasteiger partial charge in [-0.1, -0.05) is 49.4 Å². The molecule has 4 rings (SSSR count). The number of hydrogen-bond acceptors (Lipinski definition) is 3. The molecule has 2 aromatic carbocycles. The Hall–Kier alpha value is -2.17. The number of likely N-dealkylation sites (tertiary alicyclic amines) is 1. The lowest BCUT2D eigenvalue weighted by atomic mass is 9.96. The van der Waals surface area contributed by atoms with Crippen molar-refractivity contribution >= 4 is 28.1 Å². The van der Waals surface area contributed by atoms with Crippen LogP contribution in [0.1, 0.15) is 41.1 Å². The maximum absolute atomic E-state index is 11.9. The fourth-order valence-electron chi connectivity index (χ4n) is 4.08. The number of carboxylic acid groups (broad SMARTS) is 1. The van der Waals surface area contributed by atoms with Crippen LogP contribution in [0.25, 0.3) is 10.8 Å². The molecule has 3 aromatic rings. The van der Waals surface area contributed by atoms with E-state index in [9.17, 15) is 9.90 Å². The number of benzene rings is 2. The molecule has 0 bridgehead atoms. The van der Waals surface area contributed by atoms with Crippen molar-refractivity contribution in [3.8, 4) is 0 Å². The average molecular weight is 365 g/mol. The molecule has 2 heterocycles. The van der Waals surface area contributed by atoms with Crippen LogP contribution in [0.3, 0.4) is 0 Å². The lowest BCUT2D eigenvalue weighted by Gasteiger charge is -2.31. The number of nitrogens with zero attached hydrogens (tertiary/aromatic N) is 1. The van der Waals surface area contributed by atoms with E-state index in [2.05, 4.69) is 66.4 Å². The quantitative estimate of drug-likeness (QED) is 0.684. The normalized spacial score (nSPS) is 19.0. The van der Waals surface area contributed by atoms with E-state index in [1.165, 1.54) is 26.1 Å². The van der Waals surface area contributed by atoms with Gasteiger partial charge in [0.1, 0.15) is 6.04 Å². The van der Waals surface area contributed by atoms with Gasteiger partial charge in [0.25, 0.3) is 0 Å². The molecule has 26 heavy (non-hydrogen) atoms. The maximum Gasteiger partial charge on any atom is 0.320 e. The highest BCUT2D eigenvalue weighted by Gasteiger charge is 2.37. The Labute approximate surface area is 157 Å². The molecule has 1 aliphatic rings. The lowest BCUT2D eigenvalue weighted by molar-refractivity contribution is -0.142. The predicted molar refractivity (Wildman–Crippen MR) is 107 cm³/mol. The van der Waals surface area contributed by atoms with Crippen molar-refractivity contribution in [1.82, 2.24) is 4.90 Å². The van der Waals surface area contributed by atoms with Crippen LogP contribution in [0.2, 0.25) is 0 Å². The third-order valence-electron chi connectivity index (χ3n) is 5.33. The van der Waals surface area contributed by atoms with Crippen LogP contribution in [0, 0.1) is 0 Å². The molecular formula is C22H23NO2S. The number of aryl methyl sites for hydroxylation is 1. The first-order valence-corrected chi connectivity index (χ1v) is 10.1. The molecule has 1 N–H and O–H groups in total. The van der Waals surface area contributed by atoms with Gasteiger partial charge in [-0.2, -0.15) is 0 Å². The van der Waals surface area contributed by atoms with E-state index in [0.717, 1.165) is 25.8 Å². The van der Waals surface area contributed by atoms with Crippen LogP contribution in [0.5, 0.6) is 0 Å². The van der Waals surface area contributed by atoms with E-state index in [1.54, 1.807) is 0 Å². The minimum Gasteiger partial charge on any atom is -0.480 e. The Balaban J connectivity index is 1.88. The van der Waals surface area contributed by atoms with Gasteiger partial charge in [0, 0.05) is 16.3 Å². The molecule has 3 nitrogen and oxygen atoms in total. The minimum absolute atomic E-state index is 0.00463. The summed E-state index contributed by atoms with van der Waals surface area (Å²) in [6, 6.07) is 18.7. The Bertz CT molecular complexity index is 927. The SMILES string of the molecule is CCc1ccc(C(c2cccc3ccccc23)N2CCCC2C(=O)O)s1. The van der Waals surface area contributed by atoms with Crippen molar-refractivity contribution in [1.29, 1.82) is 0 Å². The molecule has 0 amide bonds. The van der Waals surface area contributed by atoms with E-state index in [0.29, 0.717) is 0 Å². The summed E-state index contributed by atoms with van der Waals surface area (Å²) in [6.07, 6.45) is 2.67. The predicted octanol–water partition coefficient (Wildman–Crippen LogP) is 5.10. The molecule has 1 aliphatic heterocycles. The number of carbonyl (C=O) groups is 1. The average Bonchev–Trinajstić information content (AvgIpc) is 3.32. The Kier molecular flexibility index (Phi) is 4.79. The first-order valence-electron chi connectivity index (χ1n) is 9.24. The topological polar surface area (TPSA) is 40.5 Å². The fourth-order valence-corrected chi connectivity index (χ4v) is 5.17. The maximum atomic E-state index is 11.9. The van der Waals surface area contributed by atoms with Gasteiger partial charge in [0.05, 0.1) is 6.04 Å². The highest BCUT2D eigenvalue weighted by atomic mass is 32.1. The first-order chi connectivity index (χ1) is 12.7. The second kappa shape index (κ2) is 7.22. The Morgan fingerprint density at radius 1 is 1.19 bits per heavy atom. The fraction of sp³-hybridized carbons (Fsp3) is 0.318. The zero-order chi connectivity index (χ0) is 18.1. The van der Waals surface area contributed by atoms with Gasteiger partial charge in [0.15, 0.2) is 0 Å². The van der Waals surface area contributed by atoms with E-state index >= 15 is 0 Å². The number of fused-ring (bicyclic) bond motifs is 1. The number of carboxylic acids is 1. The Morgan fingerprint density at radius 3 is 2.77 bits per heavy atom. The van der Waals surface area contributed by atoms with E-state index in [1.807, 2.05) is 11.3 Å². The minimum atomic E-state index is -0.708. The standard InChI is InChI=1S/C22H23NO2S/c1-2-16-12-13-20(26-16)21(23-14-6-11-19(23)22(24)25)18-10-5-8-15-7-3-4-9-17(15)18/h3-5,7-10,12-13,19,21H,2,6,11,14H2,1H3,(H,24,25). The van der Waals surface area contributed by atoms with Crippen molar-refractivity contribution in [2.24, 2.45) is 0 Å². The number of thiophene rings is 1. The lowest BCUT2D eigenvalue weighted by Crippen LogP contribution is -2.39. The van der Waals surface area contributed by atoms with Gasteiger partial charge in [-0.3, -0.25) is 9.69 Å². The summed E-state index contributed by atoms with van der Waals surface area (Å²) in [4.78, 5) is 16.6. The molecular weight excluding hydrogens is 342 g/mol. The molecule has 1 aromatic heterocycles. The second-order valence-electron chi connectivity index (χ2n) is 6.86. The largest absolute Gasteiger partial charge is 0.480 e. The molecule has 0 saturated carbocycles. The molecule has 0 aliphatic carbocycles. The van der Waals surface area contributed by atoms with Crippen LogP contribution < -0.4 is 0 Å². The highest BCUT2D eigenvalue weighted by Crippen LogP contribution is 2.40. The Morgan fingerprint density at radius 2 is 2.00 bits per heavy atom. The second-order valence-corrected chi connectivity index (χ2v) is 8.06. The van der Waals surface area contributed by atoms with Crippen molar-refractivity contribution < 1.29 is 9.90 Å². The number of rotatable bonds is 5. The van der Waals surface area contributed by atoms with Crippen LogP contribution in [-0.2, 0) is 11.2 Å². The van der Waals surface area contributed by atoms with Gasteiger partial charge in [0.2, 0.25) is 0 Å². The van der Waals surface area contributed by atoms with Crippen LogP contribution >= 0.6 is 11.3 Å². The highest BCUT2D eigenvalue weighted by molar-refractivity contribution is 7.12. The first kappa shape index (κ1) is 17.3. The molecule has 0 radical (unpaired) electrons. The number of hydrogen-bond donors (Lipinski definition) is 1. The zero-order valence-corrected chi connectivity index (χ0v) is 15.7. The van der Waals surface area contributed by atoms with E-state index in [-0.39, 0.29) is 6.04 Å². The van der Waals surface area contributed by atoms with Crippen molar-refractivity contribution in [3.63, 3.8) is 0 Å². The summed E-state index contributed by atoms with van der Waals surface area (Å²) in [5, 5.41) is 12.2. The van der Waals surface area contributed by atoms with Crippen molar-refractivity contribution in [3.05, 3.63) is 69.9 Å². The van der Waals surface area contributed by atoms with Gasteiger partial charge in [-0.25, -0.2) is 0 Å². The molecule has 0 spiro atoms. The third-order valence-corrected chi connectivity index (χ3v) is 6.61. The monoisotopic (exact) mass is 365 g/mol. The molecule has 134 valence electrons. The number of aliphatic carboxylic acids is 1. The molecule has 2 unspecified atom stereocenters. The zero-order valence-electron chi connectivity index (χ0n) is 14.9. The smallest absolute Gasteiger partial charge is 0.320 e. The molecule has 2 atom stereocenters. The molecule has 1 saturated heterocycles. The summed E-state index contributed by atoms with van der Waals surface area (Å²) in [7, 11) is 0. The van der Waals surface area contributed by atoms with E-state index in [4.69, 9.17) is 0 Å². The summed E-state index contributed by atoms with van der Waals surface area (Å²) in [5.74, 6) is -0.708. The summed E-state index contributed by atoms with van der Waals surface area (Å²) in [5.41, 5.74) is 1.21. The van der Waals surface area contributed by atoms with Crippen LogP contribution in [0.15, 0.2) is 54.6 Å². The van der Waals surface area contributed by atoms with Crippen LogP contribution in [-0.4, -0.2) is 28.6 Å². The van der Waals surface area contributed by atoms with Gasteiger partial charge in [-0.05, 0) is 47.7 Å². The molecule has 4 heteroatoms. The van der Waals surface area contributed by atoms with Gasteiger partial charge >= 0.3 is 5.97 Å². The van der Waals surface area contributed by atoms with Gasteiger partial charge in [-0.15, -0.1) is 11.3 Å². The van der Waals surface area contributed by atoms with Crippen LogP contribution in [0.4, 0.5) is 0 Å². The summed E-state index contributed by atoms with van der Waals surface area (Å²) < 4.78 is 0. The van der Waals surface area contributed by atoms with Gasteiger partial charge < -0.3 is 5.11 Å². The summed E-state index contributed by atoms with van der Waals surface area (Å²) >= 11 is 1.81.